The molecule has 0 aliphatic heterocycles. The molecule has 1 rings (SSSR count). The zero-order valence-electron chi connectivity index (χ0n) is 19.7. The van der Waals surface area contributed by atoms with Crippen molar-refractivity contribution in [2.75, 3.05) is 13.2 Å². The van der Waals surface area contributed by atoms with E-state index in [1.54, 1.807) is 0 Å². The Kier molecular flexibility index (Phi) is 15.1. The molecule has 6 heteroatoms. The summed E-state index contributed by atoms with van der Waals surface area (Å²) in [5, 5.41) is 9.75. The molecule has 1 aliphatic rings. The van der Waals surface area contributed by atoms with Gasteiger partial charge in [-0.15, -0.1) is 0 Å². The van der Waals surface area contributed by atoms with Crippen LogP contribution < -0.4 is 0 Å². The van der Waals surface area contributed by atoms with Crippen LogP contribution in [0.25, 0.3) is 0 Å². The number of ether oxygens (including phenoxy) is 2. The molecular weight excluding hydrogens is 396 g/mol. The summed E-state index contributed by atoms with van der Waals surface area (Å²) in [5.74, 6) is -4.65. The second kappa shape index (κ2) is 17.0. The Hall–Kier alpha value is -1.59. The summed E-state index contributed by atoms with van der Waals surface area (Å²) in [6.45, 7) is 4.98. The summed E-state index contributed by atoms with van der Waals surface area (Å²) in [6.07, 6.45) is 14.6. The minimum Gasteiger partial charge on any atom is -0.481 e. The van der Waals surface area contributed by atoms with E-state index in [1.807, 2.05) is 0 Å². The Morgan fingerprint density at radius 2 is 1.06 bits per heavy atom. The fraction of sp³-hybridized carbons (Fsp3) is 0.880. The van der Waals surface area contributed by atoms with Crippen LogP contribution >= 0.6 is 0 Å². The van der Waals surface area contributed by atoms with E-state index < -0.39 is 35.7 Å². The van der Waals surface area contributed by atoms with Crippen LogP contribution in [0.1, 0.15) is 110 Å². The SMILES string of the molecule is CCCCCCCCOC(=O)C1CCCC(C(=O)OCCCCCCCC)C1C(=O)O. The zero-order valence-corrected chi connectivity index (χ0v) is 19.7. The van der Waals surface area contributed by atoms with Crippen LogP contribution in [0.3, 0.4) is 0 Å². The first-order valence-electron chi connectivity index (χ1n) is 12.6. The van der Waals surface area contributed by atoms with Crippen LogP contribution in [0.2, 0.25) is 0 Å². The highest BCUT2D eigenvalue weighted by molar-refractivity contribution is 5.86. The number of carbonyl (C=O) groups is 3. The van der Waals surface area contributed by atoms with Crippen LogP contribution in [0.4, 0.5) is 0 Å². The van der Waals surface area contributed by atoms with Gasteiger partial charge in [0.2, 0.25) is 0 Å². The molecule has 0 bridgehead atoms. The highest BCUT2D eigenvalue weighted by Gasteiger charge is 2.46. The maximum atomic E-state index is 12.6. The summed E-state index contributed by atoms with van der Waals surface area (Å²) in [7, 11) is 0. The lowest BCUT2D eigenvalue weighted by Gasteiger charge is -2.32. The molecule has 0 aromatic rings. The highest BCUT2D eigenvalue weighted by atomic mass is 16.5. The lowest BCUT2D eigenvalue weighted by atomic mass is 9.72. The normalized spacial score (nSPS) is 20.9. The van der Waals surface area contributed by atoms with Gasteiger partial charge in [0.15, 0.2) is 0 Å². The summed E-state index contributed by atoms with van der Waals surface area (Å²) in [4.78, 5) is 37.1. The van der Waals surface area contributed by atoms with Crippen LogP contribution in [0.15, 0.2) is 0 Å². The lowest BCUT2D eigenvalue weighted by Crippen LogP contribution is -2.43. The second-order valence-corrected chi connectivity index (χ2v) is 8.88. The molecule has 0 amide bonds. The number of aliphatic carboxylic acids is 1. The Morgan fingerprint density at radius 3 is 1.45 bits per heavy atom. The van der Waals surface area contributed by atoms with E-state index in [4.69, 9.17) is 9.47 Å². The molecule has 0 spiro atoms. The average Bonchev–Trinajstić information content (AvgIpc) is 2.76. The summed E-state index contributed by atoms with van der Waals surface area (Å²) in [6, 6.07) is 0. The van der Waals surface area contributed by atoms with E-state index in [9.17, 15) is 19.5 Å². The van der Waals surface area contributed by atoms with Gasteiger partial charge >= 0.3 is 17.9 Å². The van der Waals surface area contributed by atoms with Gasteiger partial charge in [0, 0.05) is 0 Å². The first-order chi connectivity index (χ1) is 15.0. The number of hydrogen-bond acceptors (Lipinski definition) is 5. The molecule has 1 aliphatic carbocycles. The van der Waals surface area contributed by atoms with Crippen molar-refractivity contribution in [3.05, 3.63) is 0 Å². The largest absolute Gasteiger partial charge is 0.481 e. The van der Waals surface area contributed by atoms with Crippen LogP contribution in [-0.4, -0.2) is 36.2 Å². The Morgan fingerprint density at radius 1 is 0.677 bits per heavy atom. The molecule has 6 nitrogen and oxygen atoms in total. The van der Waals surface area contributed by atoms with E-state index in [0.717, 1.165) is 38.5 Å². The van der Waals surface area contributed by atoms with Crippen molar-refractivity contribution in [3.63, 3.8) is 0 Å². The molecular formula is C25H44O6. The molecule has 0 saturated heterocycles. The fourth-order valence-electron chi connectivity index (χ4n) is 4.39. The van der Waals surface area contributed by atoms with Gasteiger partial charge in [-0.2, -0.15) is 0 Å². The number of carboxylic acid groups (broad SMARTS) is 1. The van der Waals surface area contributed by atoms with Crippen molar-refractivity contribution in [3.8, 4) is 0 Å². The number of hydrogen-bond donors (Lipinski definition) is 1. The molecule has 1 saturated carbocycles. The predicted octanol–water partition coefficient (Wildman–Crippen LogP) is 5.91. The third-order valence-corrected chi connectivity index (χ3v) is 6.27. The molecule has 2 atom stereocenters. The molecule has 0 heterocycles. The minimum atomic E-state index is -1.11. The van der Waals surface area contributed by atoms with Crippen molar-refractivity contribution in [1.82, 2.24) is 0 Å². The molecule has 31 heavy (non-hydrogen) atoms. The van der Waals surface area contributed by atoms with E-state index in [2.05, 4.69) is 13.8 Å². The van der Waals surface area contributed by atoms with Gasteiger partial charge in [-0.3, -0.25) is 14.4 Å². The summed E-state index contributed by atoms with van der Waals surface area (Å²) < 4.78 is 10.8. The third kappa shape index (κ3) is 11.0. The van der Waals surface area contributed by atoms with Crippen LogP contribution in [0.5, 0.6) is 0 Å². The lowest BCUT2D eigenvalue weighted by molar-refractivity contribution is -0.169. The number of carboxylic acids is 1. The van der Waals surface area contributed by atoms with Gasteiger partial charge in [-0.1, -0.05) is 84.5 Å². The van der Waals surface area contributed by atoms with Gasteiger partial charge < -0.3 is 14.6 Å². The maximum Gasteiger partial charge on any atom is 0.309 e. The van der Waals surface area contributed by atoms with Gasteiger partial charge in [-0.25, -0.2) is 0 Å². The number of esters is 2. The first kappa shape index (κ1) is 27.4. The van der Waals surface area contributed by atoms with Crippen molar-refractivity contribution < 1.29 is 29.0 Å². The van der Waals surface area contributed by atoms with Gasteiger partial charge in [0.1, 0.15) is 0 Å². The Bertz CT molecular complexity index is 480. The van der Waals surface area contributed by atoms with E-state index in [0.29, 0.717) is 32.5 Å². The minimum absolute atomic E-state index is 0.320. The van der Waals surface area contributed by atoms with Gasteiger partial charge in [0.25, 0.3) is 0 Å². The van der Waals surface area contributed by atoms with Gasteiger partial charge in [-0.05, 0) is 25.7 Å². The number of rotatable bonds is 17. The zero-order chi connectivity index (χ0) is 22.9. The quantitative estimate of drug-likeness (QED) is 0.223. The molecule has 1 N–H and O–H groups in total. The Labute approximate surface area is 188 Å². The predicted molar refractivity (Wildman–Crippen MR) is 121 cm³/mol. The molecule has 2 unspecified atom stereocenters. The smallest absolute Gasteiger partial charge is 0.309 e. The van der Waals surface area contributed by atoms with Crippen LogP contribution in [0, 0.1) is 17.8 Å². The Balaban J connectivity index is 2.44. The number of unbranched alkanes of at least 4 members (excludes halogenated alkanes) is 10. The highest BCUT2D eigenvalue weighted by Crippen LogP contribution is 2.37. The average molecular weight is 441 g/mol. The molecule has 0 aromatic carbocycles. The molecule has 180 valence electrons. The molecule has 1 fully saturated rings. The summed E-state index contributed by atoms with van der Waals surface area (Å²) in [5.41, 5.74) is 0. The number of carbonyl (C=O) groups excluding carboxylic acids is 2. The van der Waals surface area contributed by atoms with E-state index in [1.165, 1.54) is 38.5 Å². The van der Waals surface area contributed by atoms with Crippen molar-refractivity contribution in [2.24, 2.45) is 17.8 Å². The van der Waals surface area contributed by atoms with E-state index >= 15 is 0 Å². The standard InChI is InChI=1S/C25H44O6/c1-3-5-7-9-11-13-18-30-24(28)20-16-15-17-21(22(20)23(26)27)25(29)31-19-14-12-10-8-6-4-2/h20-22H,3-19H2,1-2H3,(H,26,27). The first-order valence-corrected chi connectivity index (χ1v) is 12.6. The topological polar surface area (TPSA) is 89.9 Å². The van der Waals surface area contributed by atoms with Gasteiger partial charge in [0.05, 0.1) is 31.0 Å². The monoisotopic (exact) mass is 440 g/mol. The molecule has 0 aromatic heterocycles. The van der Waals surface area contributed by atoms with Crippen molar-refractivity contribution >= 4 is 17.9 Å². The maximum absolute atomic E-state index is 12.6. The van der Waals surface area contributed by atoms with Crippen molar-refractivity contribution in [2.45, 2.75) is 110 Å². The summed E-state index contributed by atoms with van der Waals surface area (Å²) >= 11 is 0. The van der Waals surface area contributed by atoms with E-state index in [-0.39, 0.29) is 0 Å². The fourth-order valence-corrected chi connectivity index (χ4v) is 4.39. The van der Waals surface area contributed by atoms with Crippen LogP contribution in [-0.2, 0) is 23.9 Å². The molecule has 0 radical (unpaired) electrons. The second-order valence-electron chi connectivity index (χ2n) is 8.88. The third-order valence-electron chi connectivity index (χ3n) is 6.27. The van der Waals surface area contributed by atoms with Crippen molar-refractivity contribution in [1.29, 1.82) is 0 Å².